The van der Waals surface area contributed by atoms with E-state index in [0.29, 0.717) is 25.4 Å². The van der Waals surface area contributed by atoms with E-state index in [1.54, 1.807) is 0 Å². The Labute approximate surface area is 138 Å². The van der Waals surface area contributed by atoms with Crippen molar-refractivity contribution in [2.45, 2.75) is 44.9 Å². The molecule has 0 radical (unpaired) electrons. The Morgan fingerprint density at radius 3 is 2.52 bits per heavy atom. The van der Waals surface area contributed by atoms with E-state index in [1.165, 1.54) is 11.1 Å². The molecule has 2 atom stereocenters. The van der Waals surface area contributed by atoms with Gasteiger partial charge < -0.3 is 10.6 Å². The third-order valence-electron chi connectivity index (χ3n) is 5.29. The molecule has 0 bridgehead atoms. The number of nitrogens with one attached hydrogen (secondary N) is 2. The second-order valence-electron chi connectivity index (χ2n) is 7.23. The number of amides is 2. The van der Waals surface area contributed by atoms with E-state index in [0.717, 1.165) is 19.3 Å². The number of benzene rings is 1. The largest absolute Gasteiger partial charge is 0.355 e. The van der Waals surface area contributed by atoms with Gasteiger partial charge in [0.15, 0.2) is 0 Å². The van der Waals surface area contributed by atoms with Crippen LogP contribution in [-0.2, 0) is 15.0 Å². The number of carbonyl (C=O) groups excluding carboxylic acids is 2. The second kappa shape index (κ2) is 6.34. The molecule has 2 fully saturated rings. The van der Waals surface area contributed by atoms with Gasteiger partial charge in [-0.05, 0) is 43.2 Å². The monoisotopic (exact) mass is 314 g/mol. The van der Waals surface area contributed by atoms with Crippen LogP contribution in [0.15, 0.2) is 24.3 Å². The summed E-state index contributed by atoms with van der Waals surface area (Å²) in [6, 6.07) is 8.42. The Morgan fingerprint density at radius 1 is 1.22 bits per heavy atom. The molecule has 2 N–H and O–H groups in total. The Hall–Kier alpha value is -1.84. The van der Waals surface area contributed by atoms with Crippen molar-refractivity contribution in [2.75, 3.05) is 13.1 Å². The van der Waals surface area contributed by atoms with Gasteiger partial charge in [-0.1, -0.05) is 31.2 Å². The van der Waals surface area contributed by atoms with Gasteiger partial charge in [0.2, 0.25) is 11.8 Å². The van der Waals surface area contributed by atoms with Crippen molar-refractivity contribution < 1.29 is 9.59 Å². The molecule has 1 aromatic rings. The highest BCUT2D eigenvalue weighted by Gasteiger charge is 2.45. The number of carbonyl (C=O) groups is 2. The standard InChI is InChI=1S/C19H26N2O2/c1-13-5-3-4-6-16(13)19(8-9-19)12-21-17(22)7-10-20-18(23)15-11-14(15)2/h3-6,14-15H,7-12H2,1-2H3,(H,20,23)(H,21,22)/t14-,15+/m1/s1. The van der Waals surface area contributed by atoms with Crippen molar-refractivity contribution in [3.05, 3.63) is 35.4 Å². The van der Waals surface area contributed by atoms with Crippen molar-refractivity contribution in [2.24, 2.45) is 11.8 Å². The predicted octanol–water partition coefficient (Wildman–Crippen LogP) is 2.31. The van der Waals surface area contributed by atoms with Crippen LogP contribution >= 0.6 is 0 Å². The molecule has 0 aromatic heterocycles. The molecule has 3 rings (SSSR count). The van der Waals surface area contributed by atoms with Crippen LogP contribution in [0.25, 0.3) is 0 Å². The Kier molecular flexibility index (Phi) is 4.42. The average molecular weight is 314 g/mol. The lowest BCUT2D eigenvalue weighted by atomic mass is 9.92. The van der Waals surface area contributed by atoms with Crippen LogP contribution in [0.1, 0.15) is 43.7 Å². The lowest BCUT2D eigenvalue weighted by Crippen LogP contribution is -2.35. The smallest absolute Gasteiger partial charge is 0.223 e. The topological polar surface area (TPSA) is 58.2 Å². The van der Waals surface area contributed by atoms with E-state index in [1.807, 2.05) is 0 Å². The highest BCUT2D eigenvalue weighted by atomic mass is 16.2. The van der Waals surface area contributed by atoms with Gasteiger partial charge >= 0.3 is 0 Å². The first-order valence-corrected chi connectivity index (χ1v) is 8.62. The van der Waals surface area contributed by atoms with E-state index >= 15 is 0 Å². The lowest BCUT2D eigenvalue weighted by molar-refractivity contribution is -0.123. The molecule has 0 spiro atoms. The zero-order valence-corrected chi connectivity index (χ0v) is 14.0. The van der Waals surface area contributed by atoms with Crippen molar-refractivity contribution in [1.29, 1.82) is 0 Å². The van der Waals surface area contributed by atoms with Gasteiger partial charge in [-0.15, -0.1) is 0 Å². The lowest BCUT2D eigenvalue weighted by Gasteiger charge is -2.19. The molecule has 4 heteroatoms. The molecule has 0 unspecified atom stereocenters. The summed E-state index contributed by atoms with van der Waals surface area (Å²) in [5.41, 5.74) is 2.79. The van der Waals surface area contributed by atoms with E-state index < -0.39 is 0 Å². The van der Waals surface area contributed by atoms with Crippen molar-refractivity contribution in [3.8, 4) is 0 Å². The Bertz CT molecular complexity index is 607. The molecule has 0 aliphatic heterocycles. The summed E-state index contributed by atoms with van der Waals surface area (Å²) >= 11 is 0. The van der Waals surface area contributed by atoms with E-state index in [4.69, 9.17) is 0 Å². The van der Waals surface area contributed by atoms with E-state index in [2.05, 4.69) is 48.7 Å². The van der Waals surface area contributed by atoms with Crippen LogP contribution in [0.5, 0.6) is 0 Å². The fourth-order valence-electron chi connectivity index (χ4n) is 3.33. The first kappa shape index (κ1) is 16.0. The highest BCUT2D eigenvalue weighted by molar-refractivity contribution is 5.82. The fourth-order valence-corrected chi connectivity index (χ4v) is 3.33. The van der Waals surface area contributed by atoms with Crippen LogP contribution in [-0.4, -0.2) is 24.9 Å². The molecule has 124 valence electrons. The van der Waals surface area contributed by atoms with Crippen molar-refractivity contribution >= 4 is 11.8 Å². The van der Waals surface area contributed by atoms with Crippen LogP contribution < -0.4 is 10.6 Å². The Balaban J connectivity index is 1.41. The third-order valence-corrected chi connectivity index (χ3v) is 5.29. The minimum atomic E-state index is 0.0222. The van der Waals surface area contributed by atoms with Crippen LogP contribution in [0.3, 0.4) is 0 Å². The molecular formula is C19H26N2O2. The highest BCUT2D eigenvalue weighted by Crippen LogP contribution is 2.48. The zero-order chi connectivity index (χ0) is 16.4. The maximum atomic E-state index is 12.0. The summed E-state index contributed by atoms with van der Waals surface area (Å²) in [5, 5.41) is 5.91. The van der Waals surface area contributed by atoms with Crippen LogP contribution in [0, 0.1) is 18.8 Å². The minimum absolute atomic E-state index is 0.0222. The molecule has 0 heterocycles. The third kappa shape index (κ3) is 3.74. The van der Waals surface area contributed by atoms with Gasteiger partial charge in [0, 0.05) is 30.8 Å². The molecule has 23 heavy (non-hydrogen) atoms. The number of hydrogen-bond acceptors (Lipinski definition) is 2. The second-order valence-corrected chi connectivity index (χ2v) is 7.23. The molecule has 0 saturated heterocycles. The maximum absolute atomic E-state index is 12.0. The SMILES string of the molecule is Cc1ccccc1C1(CNC(=O)CCNC(=O)[C@H]2C[C@H]2C)CC1. The van der Waals surface area contributed by atoms with Gasteiger partial charge in [-0.25, -0.2) is 0 Å². The summed E-state index contributed by atoms with van der Waals surface area (Å²) in [6.45, 7) is 5.35. The average Bonchev–Trinajstić information content (AvgIpc) is 3.43. The van der Waals surface area contributed by atoms with Gasteiger partial charge in [0.05, 0.1) is 0 Å². The van der Waals surface area contributed by atoms with Gasteiger partial charge in [-0.2, -0.15) is 0 Å². The molecule has 2 saturated carbocycles. The van der Waals surface area contributed by atoms with E-state index in [9.17, 15) is 9.59 Å². The summed E-state index contributed by atoms with van der Waals surface area (Å²) in [7, 11) is 0. The number of hydrogen-bond donors (Lipinski definition) is 2. The quantitative estimate of drug-likeness (QED) is 0.811. The number of rotatable bonds is 7. The molecular weight excluding hydrogens is 288 g/mol. The normalized spacial score (nSPS) is 23.9. The fraction of sp³-hybridized carbons (Fsp3) is 0.579. The Morgan fingerprint density at radius 2 is 1.91 bits per heavy atom. The molecule has 4 nitrogen and oxygen atoms in total. The molecule has 2 amide bonds. The number of aryl methyl sites for hydroxylation is 1. The van der Waals surface area contributed by atoms with Crippen molar-refractivity contribution in [1.82, 2.24) is 10.6 Å². The van der Waals surface area contributed by atoms with Crippen molar-refractivity contribution in [3.63, 3.8) is 0 Å². The predicted molar refractivity (Wildman–Crippen MR) is 90.0 cm³/mol. The van der Waals surface area contributed by atoms with Crippen LogP contribution in [0.4, 0.5) is 0 Å². The van der Waals surface area contributed by atoms with Crippen LogP contribution in [0.2, 0.25) is 0 Å². The first-order valence-electron chi connectivity index (χ1n) is 8.62. The molecule has 2 aliphatic carbocycles. The molecule has 1 aromatic carbocycles. The van der Waals surface area contributed by atoms with Gasteiger partial charge in [0.1, 0.15) is 0 Å². The summed E-state index contributed by atoms with van der Waals surface area (Å²) in [6.07, 6.45) is 3.61. The summed E-state index contributed by atoms with van der Waals surface area (Å²) in [5.74, 6) is 0.805. The zero-order valence-electron chi connectivity index (χ0n) is 14.0. The van der Waals surface area contributed by atoms with Gasteiger partial charge in [-0.3, -0.25) is 9.59 Å². The molecule has 2 aliphatic rings. The summed E-state index contributed by atoms with van der Waals surface area (Å²) < 4.78 is 0. The minimum Gasteiger partial charge on any atom is -0.355 e. The summed E-state index contributed by atoms with van der Waals surface area (Å²) in [4.78, 5) is 23.7. The maximum Gasteiger partial charge on any atom is 0.223 e. The first-order chi connectivity index (χ1) is 11.0. The van der Waals surface area contributed by atoms with Gasteiger partial charge in [0.25, 0.3) is 0 Å². The van der Waals surface area contributed by atoms with E-state index in [-0.39, 0.29) is 23.1 Å².